The SMILES string of the molecule is Cn1cc(-c2c(F)cncc2CCC(=O)Nc2ccc3c(c2)CN(CC(F)(F)F)C3)cn1. The van der Waals surface area contributed by atoms with E-state index in [1.807, 2.05) is 0 Å². The highest BCUT2D eigenvalue weighted by Gasteiger charge is 2.33. The summed E-state index contributed by atoms with van der Waals surface area (Å²) in [6.07, 6.45) is 2.01. The quantitative estimate of drug-likeness (QED) is 0.579. The minimum Gasteiger partial charge on any atom is -0.326 e. The van der Waals surface area contributed by atoms with E-state index in [9.17, 15) is 22.4 Å². The molecule has 0 saturated carbocycles. The first kappa shape index (κ1) is 21.9. The first-order valence-electron chi connectivity index (χ1n) is 10.00. The van der Waals surface area contributed by atoms with Crippen LogP contribution in [0.2, 0.25) is 0 Å². The first-order valence-corrected chi connectivity index (χ1v) is 10.00. The summed E-state index contributed by atoms with van der Waals surface area (Å²) in [5, 5.41) is 6.84. The highest BCUT2D eigenvalue weighted by Crippen LogP contribution is 2.29. The number of alkyl halides is 3. The van der Waals surface area contributed by atoms with Gasteiger partial charge in [-0.1, -0.05) is 6.07 Å². The lowest BCUT2D eigenvalue weighted by atomic mass is 10.0. The van der Waals surface area contributed by atoms with E-state index in [-0.39, 0.29) is 31.8 Å². The number of rotatable bonds is 6. The standard InChI is InChI=1S/C22H21F4N5O/c1-30-10-17(8-28-30)21-14(7-27-9-19(21)23)3-5-20(32)29-18-4-2-15-11-31(12-16(15)6-18)13-22(24,25)26/h2,4,6-10H,3,5,11-13H2,1H3,(H,29,32). The molecule has 168 valence electrons. The Morgan fingerprint density at radius 3 is 2.66 bits per heavy atom. The Kier molecular flexibility index (Phi) is 5.96. The maximum Gasteiger partial charge on any atom is 0.401 e. The molecular weight excluding hydrogens is 426 g/mol. The largest absolute Gasteiger partial charge is 0.401 e. The molecule has 32 heavy (non-hydrogen) atoms. The normalized spacial score (nSPS) is 13.9. The molecule has 1 aliphatic rings. The lowest BCUT2D eigenvalue weighted by molar-refractivity contribution is -0.147. The maximum atomic E-state index is 14.4. The van der Waals surface area contributed by atoms with Gasteiger partial charge in [-0.15, -0.1) is 0 Å². The summed E-state index contributed by atoms with van der Waals surface area (Å²) in [4.78, 5) is 17.7. The number of amides is 1. The van der Waals surface area contributed by atoms with Gasteiger partial charge in [-0.05, 0) is 35.2 Å². The van der Waals surface area contributed by atoms with Crippen LogP contribution in [0.5, 0.6) is 0 Å². The Morgan fingerprint density at radius 1 is 1.16 bits per heavy atom. The molecule has 1 aliphatic heterocycles. The van der Waals surface area contributed by atoms with E-state index in [1.54, 1.807) is 42.3 Å². The van der Waals surface area contributed by atoms with Crippen LogP contribution in [0.25, 0.3) is 11.1 Å². The van der Waals surface area contributed by atoms with Crippen LogP contribution in [0.15, 0.2) is 43.0 Å². The third-order valence-electron chi connectivity index (χ3n) is 5.27. The molecular formula is C22H21F4N5O. The number of nitrogens with zero attached hydrogens (tertiary/aromatic N) is 4. The van der Waals surface area contributed by atoms with Gasteiger partial charge in [-0.25, -0.2) is 4.39 Å². The number of hydrogen-bond donors (Lipinski definition) is 1. The predicted molar refractivity (Wildman–Crippen MR) is 110 cm³/mol. The maximum absolute atomic E-state index is 14.4. The van der Waals surface area contributed by atoms with Crippen LogP contribution in [-0.2, 0) is 31.4 Å². The second-order valence-corrected chi connectivity index (χ2v) is 7.85. The average Bonchev–Trinajstić information content (AvgIpc) is 3.30. The van der Waals surface area contributed by atoms with Crippen molar-refractivity contribution in [2.24, 2.45) is 7.05 Å². The monoisotopic (exact) mass is 447 g/mol. The van der Waals surface area contributed by atoms with E-state index < -0.39 is 18.5 Å². The fraction of sp³-hybridized carbons (Fsp3) is 0.318. The van der Waals surface area contributed by atoms with E-state index in [0.717, 1.165) is 17.3 Å². The molecule has 0 unspecified atom stereocenters. The Hall–Kier alpha value is -3.27. The number of pyridine rings is 1. The highest BCUT2D eigenvalue weighted by atomic mass is 19.4. The number of fused-ring (bicyclic) bond motifs is 1. The molecule has 3 aromatic rings. The summed E-state index contributed by atoms with van der Waals surface area (Å²) >= 11 is 0. The molecule has 4 rings (SSSR count). The van der Waals surface area contributed by atoms with Crippen molar-refractivity contribution >= 4 is 11.6 Å². The van der Waals surface area contributed by atoms with Crippen molar-refractivity contribution in [2.75, 3.05) is 11.9 Å². The van der Waals surface area contributed by atoms with Crippen LogP contribution in [0.1, 0.15) is 23.1 Å². The van der Waals surface area contributed by atoms with Crippen molar-refractivity contribution in [1.82, 2.24) is 19.7 Å². The van der Waals surface area contributed by atoms with E-state index in [4.69, 9.17) is 0 Å². The van der Waals surface area contributed by atoms with Crippen molar-refractivity contribution in [3.63, 3.8) is 0 Å². The van der Waals surface area contributed by atoms with Gasteiger partial charge in [0, 0.05) is 55.8 Å². The fourth-order valence-electron chi connectivity index (χ4n) is 3.92. The van der Waals surface area contributed by atoms with Gasteiger partial charge in [-0.2, -0.15) is 18.3 Å². The van der Waals surface area contributed by atoms with Crippen molar-refractivity contribution in [1.29, 1.82) is 0 Å². The summed E-state index contributed by atoms with van der Waals surface area (Å²) in [5.41, 5.74) is 3.66. The molecule has 10 heteroatoms. The number of aryl methyl sites for hydroxylation is 2. The fourth-order valence-corrected chi connectivity index (χ4v) is 3.92. The number of hydrogen-bond acceptors (Lipinski definition) is 4. The minimum atomic E-state index is -4.25. The smallest absolute Gasteiger partial charge is 0.326 e. The minimum absolute atomic E-state index is 0.0929. The summed E-state index contributed by atoms with van der Waals surface area (Å²) in [6.45, 7) is -0.556. The molecule has 6 nitrogen and oxygen atoms in total. The lowest BCUT2D eigenvalue weighted by Crippen LogP contribution is -2.29. The molecule has 0 saturated heterocycles. The number of carbonyl (C=O) groups excluding carboxylic acids is 1. The third kappa shape index (κ3) is 5.13. The van der Waals surface area contributed by atoms with Crippen LogP contribution >= 0.6 is 0 Å². The number of anilines is 1. The van der Waals surface area contributed by atoms with Crippen LogP contribution in [-0.4, -0.2) is 38.3 Å². The Bertz CT molecular complexity index is 1140. The van der Waals surface area contributed by atoms with Gasteiger partial charge in [0.1, 0.15) is 5.82 Å². The van der Waals surface area contributed by atoms with E-state index in [0.29, 0.717) is 22.4 Å². The third-order valence-corrected chi connectivity index (χ3v) is 5.27. The molecule has 1 amide bonds. The van der Waals surface area contributed by atoms with Crippen LogP contribution < -0.4 is 5.32 Å². The van der Waals surface area contributed by atoms with Crippen LogP contribution in [0.3, 0.4) is 0 Å². The predicted octanol–water partition coefficient (Wildman–Crippen LogP) is 4.07. The molecule has 1 aromatic carbocycles. The van der Waals surface area contributed by atoms with Gasteiger partial charge in [0.05, 0.1) is 18.9 Å². The zero-order valence-electron chi connectivity index (χ0n) is 17.3. The molecule has 2 aromatic heterocycles. The second kappa shape index (κ2) is 8.70. The van der Waals surface area contributed by atoms with Crippen molar-refractivity contribution < 1.29 is 22.4 Å². The van der Waals surface area contributed by atoms with E-state index in [1.165, 1.54) is 11.1 Å². The number of carbonyl (C=O) groups is 1. The van der Waals surface area contributed by atoms with E-state index >= 15 is 0 Å². The summed E-state index contributed by atoms with van der Waals surface area (Å²) in [5.74, 6) is -0.769. The molecule has 1 N–H and O–H groups in total. The van der Waals surface area contributed by atoms with Crippen molar-refractivity contribution in [2.45, 2.75) is 32.1 Å². The zero-order valence-corrected chi connectivity index (χ0v) is 17.3. The number of benzene rings is 1. The van der Waals surface area contributed by atoms with Crippen LogP contribution in [0.4, 0.5) is 23.2 Å². The molecule has 0 aliphatic carbocycles. The molecule has 0 radical (unpaired) electrons. The number of halogens is 4. The Morgan fingerprint density at radius 2 is 1.94 bits per heavy atom. The molecule has 0 fully saturated rings. The van der Waals surface area contributed by atoms with E-state index in [2.05, 4.69) is 15.4 Å². The number of nitrogens with one attached hydrogen (secondary N) is 1. The Balaban J connectivity index is 1.39. The zero-order chi connectivity index (χ0) is 22.9. The van der Waals surface area contributed by atoms with Gasteiger partial charge in [0.2, 0.25) is 5.91 Å². The summed E-state index contributed by atoms with van der Waals surface area (Å²) in [7, 11) is 1.73. The van der Waals surface area contributed by atoms with Crippen molar-refractivity contribution in [3.05, 3.63) is 65.5 Å². The molecule has 0 bridgehead atoms. The van der Waals surface area contributed by atoms with Crippen molar-refractivity contribution in [3.8, 4) is 11.1 Å². The van der Waals surface area contributed by atoms with Gasteiger partial charge in [0.15, 0.2) is 0 Å². The molecule has 0 atom stereocenters. The number of aromatic nitrogens is 3. The van der Waals surface area contributed by atoms with Crippen LogP contribution in [0, 0.1) is 5.82 Å². The summed E-state index contributed by atoms with van der Waals surface area (Å²) < 4.78 is 53.9. The Labute approximate surface area is 181 Å². The average molecular weight is 447 g/mol. The second-order valence-electron chi connectivity index (χ2n) is 7.85. The first-order chi connectivity index (χ1) is 15.2. The molecule has 3 heterocycles. The lowest BCUT2D eigenvalue weighted by Gasteiger charge is -2.16. The molecule has 0 spiro atoms. The van der Waals surface area contributed by atoms with Gasteiger partial charge in [-0.3, -0.25) is 19.4 Å². The van der Waals surface area contributed by atoms with Gasteiger partial charge in [0.25, 0.3) is 0 Å². The topological polar surface area (TPSA) is 63.1 Å². The van der Waals surface area contributed by atoms with Gasteiger partial charge < -0.3 is 5.32 Å². The highest BCUT2D eigenvalue weighted by molar-refractivity contribution is 5.91. The van der Waals surface area contributed by atoms with Gasteiger partial charge >= 0.3 is 6.18 Å². The summed E-state index contributed by atoms with van der Waals surface area (Å²) in [6, 6.07) is 5.12.